The van der Waals surface area contributed by atoms with Crippen molar-refractivity contribution in [3.8, 4) is 11.4 Å². The molecule has 3 heterocycles. The second-order valence-electron chi connectivity index (χ2n) is 4.00. The molecule has 3 rings (SSSR count). The van der Waals surface area contributed by atoms with Crippen LogP contribution in [-0.2, 0) is 0 Å². The Bertz CT molecular complexity index is 667. The minimum absolute atomic E-state index is 0.622. The molecular weight excluding hydrogens is 212 g/mol. The van der Waals surface area contributed by atoms with E-state index in [0.717, 1.165) is 22.6 Å². The standard InChI is InChI=1S/C13H12N4/c1-9-5-6-10(15-8-9)12-13(14)17-7-3-2-4-11(17)16-12/h2-8H,14H2,1H3. The molecule has 0 bridgehead atoms. The Labute approximate surface area is 98.8 Å². The van der Waals surface area contributed by atoms with Crippen molar-refractivity contribution in [2.45, 2.75) is 6.92 Å². The molecule has 0 saturated carbocycles. The SMILES string of the molecule is Cc1ccc(-c2nc3ccccn3c2N)nc1. The fourth-order valence-electron chi connectivity index (χ4n) is 1.81. The van der Waals surface area contributed by atoms with E-state index in [2.05, 4.69) is 9.97 Å². The summed E-state index contributed by atoms with van der Waals surface area (Å²) >= 11 is 0. The molecule has 4 nitrogen and oxygen atoms in total. The fraction of sp³-hybridized carbons (Fsp3) is 0.0769. The van der Waals surface area contributed by atoms with Gasteiger partial charge in [0.1, 0.15) is 17.2 Å². The largest absolute Gasteiger partial charge is 0.383 e. The van der Waals surface area contributed by atoms with Gasteiger partial charge in [0, 0.05) is 12.4 Å². The zero-order valence-electron chi connectivity index (χ0n) is 9.46. The van der Waals surface area contributed by atoms with E-state index in [1.165, 1.54) is 0 Å². The third kappa shape index (κ3) is 1.54. The maximum Gasteiger partial charge on any atom is 0.139 e. The van der Waals surface area contributed by atoms with E-state index in [9.17, 15) is 0 Å². The Morgan fingerprint density at radius 2 is 2.06 bits per heavy atom. The molecule has 0 aliphatic heterocycles. The highest BCUT2D eigenvalue weighted by Gasteiger charge is 2.11. The van der Waals surface area contributed by atoms with E-state index in [0.29, 0.717) is 5.82 Å². The molecule has 0 aliphatic carbocycles. The first-order chi connectivity index (χ1) is 8.25. The molecule has 0 unspecified atom stereocenters. The average Bonchev–Trinajstić information content (AvgIpc) is 2.69. The van der Waals surface area contributed by atoms with Gasteiger partial charge in [0.25, 0.3) is 0 Å². The van der Waals surface area contributed by atoms with E-state index in [1.807, 2.05) is 54.0 Å². The average molecular weight is 224 g/mol. The summed E-state index contributed by atoms with van der Waals surface area (Å²) in [7, 11) is 0. The van der Waals surface area contributed by atoms with Crippen LogP contribution in [0.1, 0.15) is 5.56 Å². The quantitative estimate of drug-likeness (QED) is 0.690. The molecule has 3 aromatic heterocycles. The third-order valence-corrected chi connectivity index (χ3v) is 2.72. The maximum absolute atomic E-state index is 6.07. The number of nitrogens with two attached hydrogens (primary N) is 1. The molecule has 0 fully saturated rings. The Morgan fingerprint density at radius 1 is 1.18 bits per heavy atom. The van der Waals surface area contributed by atoms with Crippen molar-refractivity contribution < 1.29 is 0 Å². The molecule has 4 heteroatoms. The van der Waals surface area contributed by atoms with Gasteiger partial charge in [0.05, 0.1) is 5.69 Å². The molecule has 0 saturated heterocycles. The summed E-state index contributed by atoms with van der Waals surface area (Å²) in [6, 6.07) is 9.73. The molecule has 0 atom stereocenters. The van der Waals surface area contributed by atoms with Crippen LogP contribution in [0.15, 0.2) is 42.7 Å². The Morgan fingerprint density at radius 3 is 2.76 bits per heavy atom. The molecule has 17 heavy (non-hydrogen) atoms. The van der Waals surface area contributed by atoms with Crippen molar-refractivity contribution in [3.05, 3.63) is 48.3 Å². The van der Waals surface area contributed by atoms with Crippen LogP contribution in [0.3, 0.4) is 0 Å². The predicted octanol–water partition coefficient (Wildman–Crippen LogP) is 2.29. The lowest BCUT2D eigenvalue weighted by atomic mass is 10.2. The number of imidazole rings is 1. The van der Waals surface area contributed by atoms with Crippen LogP contribution in [0, 0.1) is 6.92 Å². The second-order valence-corrected chi connectivity index (χ2v) is 4.00. The maximum atomic E-state index is 6.07. The molecule has 3 aromatic rings. The number of nitrogen functional groups attached to an aromatic ring is 1. The van der Waals surface area contributed by atoms with E-state index in [-0.39, 0.29) is 0 Å². The van der Waals surface area contributed by atoms with Gasteiger partial charge in [-0.1, -0.05) is 12.1 Å². The highest BCUT2D eigenvalue weighted by Crippen LogP contribution is 2.24. The molecule has 84 valence electrons. The summed E-state index contributed by atoms with van der Waals surface area (Å²) in [4.78, 5) is 8.84. The topological polar surface area (TPSA) is 56.2 Å². The molecule has 0 aromatic carbocycles. The number of fused-ring (bicyclic) bond motifs is 1. The van der Waals surface area contributed by atoms with Gasteiger partial charge in [0.15, 0.2) is 0 Å². The van der Waals surface area contributed by atoms with Crippen molar-refractivity contribution in [1.82, 2.24) is 14.4 Å². The zero-order valence-corrected chi connectivity index (χ0v) is 9.46. The van der Waals surface area contributed by atoms with E-state index in [4.69, 9.17) is 5.73 Å². The Balaban J connectivity index is 2.24. The van der Waals surface area contributed by atoms with Crippen molar-refractivity contribution >= 4 is 11.5 Å². The Kier molecular flexibility index (Phi) is 2.08. The lowest BCUT2D eigenvalue weighted by molar-refractivity contribution is 1.20. The van der Waals surface area contributed by atoms with Gasteiger partial charge in [-0.2, -0.15) is 0 Å². The number of aromatic nitrogens is 3. The van der Waals surface area contributed by atoms with Crippen molar-refractivity contribution in [2.75, 3.05) is 5.73 Å². The number of rotatable bonds is 1. The van der Waals surface area contributed by atoms with Gasteiger partial charge >= 0.3 is 0 Å². The second kappa shape index (κ2) is 3.59. The van der Waals surface area contributed by atoms with Crippen LogP contribution in [-0.4, -0.2) is 14.4 Å². The first-order valence-corrected chi connectivity index (χ1v) is 5.41. The summed E-state index contributed by atoms with van der Waals surface area (Å²) in [5.74, 6) is 0.622. The predicted molar refractivity (Wildman–Crippen MR) is 67.6 cm³/mol. The molecule has 0 spiro atoms. The molecular formula is C13H12N4. The fourth-order valence-corrected chi connectivity index (χ4v) is 1.81. The van der Waals surface area contributed by atoms with E-state index >= 15 is 0 Å². The minimum atomic E-state index is 0.622. The number of aryl methyl sites for hydroxylation is 1. The molecule has 2 N–H and O–H groups in total. The lowest BCUT2D eigenvalue weighted by Gasteiger charge is -1.98. The van der Waals surface area contributed by atoms with Crippen LogP contribution >= 0.6 is 0 Å². The number of nitrogens with zero attached hydrogens (tertiary/aromatic N) is 3. The summed E-state index contributed by atoms with van der Waals surface area (Å²) in [5, 5.41) is 0. The summed E-state index contributed by atoms with van der Waals surface area (Å²) < 4.78 is 1.86. The number of hydrogen-bond acceptors (Lipinski definition) is 3. The van der Waals surface area contributed by atoms with Gasteiger partial charge in [-0.05, 0) is 30.7 Å². The van der Waals surface area contributed by atoms with Crippen LogP contribution in [0.4, 0.5) is 5.82 Å². The van der Waals surface area contributed by atoms with Gasteiger partial charge in [-0.25, -0.2) is 4.98 Å². The van der Waals surface area contributed by atoms with Gasteiger partial charge < -0.3 is 5.73 Å². The first-order valence-electron chi connectivity index (χ1n) is 5.41. The first kappa shape index (κ1) is 9.84. The van der Waals surface area contributed by atoms with E-state index < -0.39 is 0 Å². The minimum Gasteiger partial charge on any atom is -0.383 e. The molecule has 0 radical (unpaired) electrons. The summed E-state index contributed by atoms with van der Waals surface area (Å²) in [5.41, 5.74) is 9.56. The van der Waals surface area contributed by atoms with Crippen LogP contribution in [0.25, 0.3) is 17.0 Å². The monoisotopic (exact) mass is 224 g/mol. The summed E-state index contributed by atoms with van der Waals surface area (Å²) in [6.45, 7) is 2.00. The lowest BCUT2D eigenvalue weighted by Crippen LogP contribution is -1.94. The number of hydrogen-bond donors (Lipinski definition) is 1. The van der Waals surface area contributed by atoms with Crippen molar-refractivity contribution in [3.63, 3.8) is 0 Å². The van der Waals surface area contributed by atoms with E-state index in [1.54, 1.807) is 0 Å². The van der Waals surface area contributed by atoms with Crippen LogP contribution in [0.2, 0.25) is 0 Å². The highest BCUT2D eigenvalue weighted by molar-refractivity contribution is 5.72. The van der Waals surface area contributed by atoms with Crippen molar-refractivity contribution in [2.24, 2.45) is 0 Å². The summed E-state index contributed by atoms with van der Waals surface area (Å²) in [6.07, 6.45) is 3.72. The van der Waals surface area contributed by atoms with Crippen LogP contribution < -0.4 is 5.73 Å². The number of anilines is 1. The smallest absolute Gasteiger partial charge is 0.139 e. The third-order valence-electron chi connectivity index (χ3n) is 2.72. The molecule has 0 amide bonds. The van der Waals surface area contributed by atoms with Gasteiger partial charge in [-0.15, -0.1) is 0 Å². The normalized spacial score (nSPS) is 10.9. The zero-order chi connectivity index (χ0) is 11.8. The van der Waals surface area contributed by atoms with Crippen LogP contribution in [0.5, 0.6) is 0 Å². The number of pyridine rings is 2. The molecule has 0 aliphatic rings. The van der Waals surface area contributed by atoms with Crippen molar-refractivity contribution in [1.29, 1.82) is 0 Å². The van der Waals surface area contributed by atoms with Gasteiger partial charge in [-0.3, -0.25) is 9.38 Å². The Hall–Kier alpha value is -2.36. The highest BCUT2D eigenvalue weighted by atomic mass is 15.1. The van der Waals surface area contributed by atoms with Gasteiger partial charge in [0.2, 0.25) is 0 Å².